The molecular weight excluding hydrogens is 352 g/mol. The fraction of sp³-hybridized carbons (Fsp3) is 0.333. The molecule has 0 aliphatic carbocycles. The highest BCUT2D eigenvalue weighted by Crippen LogP contribution is 2.19. The molecule has 1 aliphatic heterocycles. The first-order valence-corrected chi connectivity index (χ1v) is 9.66. The Morgan fingerprint density at radius 3 is 2.39 bits per heavy atom. The van der Waals surface area contributed by atoms with Crippen molar-refractivity contribution in [2.45, 2.75) is 25.9 Å². The van der Waals surface area contributed by atoms with Crippen LogP contribution in [-0.4, -0.2) is 44.1 Å². The SMILES string of the molecule is O=C(NCc1ccccc1)C1CCN(Cc2nnnn2-c2ccccc2)CC1. The molecule has 1 aromatic heterocycles. The number of amides is 1. The quantitative estimate of drug-likeness (QED) is 0.714. The molecule has 28 heavy (non-hydrogen) atoms. The van der Waals surface area contributed by atoms with Gasteiger partial charge in [0.25, 0.3) is 0 Å². The minimum atomic E-state index is 0.0741. The topological polar surface area (TPSA) is 75.9 Å². The lowest BCUT2D eigenvalue weighted by atomic mass is 9.96. The summed E-state index contributed by atoms with van der Waals surface area (Å²) in [7, 11) is 0. The molecule has 0 bridgehead atoms. The zero-order chi connectivity index (χ0) is 19.2. The number of hydrogen-bond donors (Lipinski definition) is 1. The summed E-state index contributed by atoms with van der Waals surface area (Å²) in [6.45, 7) is 3.00. The van der Waals surface area contributed by atoms with Gasteiger partial charge in [-0.25, -0.2) is 0 Å². The molecule has 0 saturated carbocycles. The third-order valence-electron chi connectivity index (χ3n) is 5.17. The van der Waals surface area contributed by atoms with Gasteiger partial charge in [0, 0.05) is 12.5 Å². The van der Waals surface area contributed by atoms with Crippen molar-refractivity contribution in [2.24, 2.45) is 5.92 Å². The summed E-state index contributed by atoms with van der Waals surface area (Å²) in [5.41, 5.74) is 2.08. The predicted molar refractivity (Wildman–Crippen MR) is 105 cm³/mol. The molecule has 3 aromatic rings. The number of nitrogens with one attached hydrogen (secondary N) is 1. The molecule has 1 N–H and O–H groups in total. The van der Waals surface area contributed by atoms with Crippen molar-refractivity contribution in [1.82, 2.24) is 30.4 Å². The van der Waals surface area contributed by atoms with E-state index in [0.717, 1.165) is 43.0 Å². The van der Waals surface area contributed by atoms with Gasteiger partial charge in [-0.2, -0.15) is 4.68 Å². The van der Waals surface area contributed by atoms with E-state index < -0.39 is 0 Å². The molecule has 7 heteroatoms. The fourth-order valence-electron chi connectivity index (χ4n) is 3.56. The molecule has 4 rings (SSSR count). The first-order valence-electron chi connectivity index (χ1n) is 9.66. The van der Waals surface area contributed by atoms with Crippen LogP contribution in [0.15, 0.2) is 60.7 Å². The van der Waals surface area contributed by atoms with E-state index >= 15 is 0 Å². The third-order valence-corrected chi connectivity index (χ3v) is 5.17. The average Bonchev–Trinajstić information content (AvgIpc) is 3.22. The number of aromatic nitrogens is 4. The summed E-state index contributed by atoms with van der Waals surface area (Å²) in [4.78, 5) is 14.8. The Hall–Kier alpha value is -3.06. The van der Waals surface area contributed by atoms with Crippen molar-refractivity contribution >= 4 is 5.91 Å². The van der Waals surface area contributed by atoms with Gasteiger partial charge in [0.15, 0.2) is 5.82 Å². The van der Waals surface area contributed by atoms with Crippen LogP contribution >= 0.6 is 0 Å². The first kappa shape index (κ1) is 18.3. The Kier molecular flexibility index (Phi) is 5.72. The number of tetrazole rings is 1. The number of nitrogens with zero attached hydrogens (tertiary/aromatic N) is 5. The summed E-state index contributed by atoms with van der Waals surface area (Å²) in [6, 6.07) is 19.9. The summed E-state index contributed by atoms with van der Waals surface area (Å²) in [6.07, 6.45) is 1.71. The van der Waals surface area contributed by atoms with E-state index in [-0.39, 0.29) is 11.8 Å². The minimum absolute atomic E-state index is 0.0741. The summed E-state index contributed by atoms with van der Waals surface area (Å²) in [5, 5.41) is 15.2. The molecule has 144 valence electrons. The van der Waals surface area contributed by atoms with E-state index in [1.807, 2.05) is 60.7 Å². The second kappa shape index (κ2) is 8.75. The van der Waals surface area contributed by atoms with Gasteiger partial charge in [-0.1, -0.05) is 48.5 Å². The number of carbonyl (C=O) groups is 1. The fourth-order valence-corrected chi connectivity index (χ4v) is 3.56. The smallest absolute Gasteiger partial charge is 0.223 e. The Labute approximate surface area is 164 Å². The van der Waals surface area contributed by atoms with Crippen LogP contribution in [0, 0.1) is 5.92 Å². The highest BCUT2D eigenvalue weighted by atomic mass is 16.1. The number of hydrogen-bond acceptors (Lipinski definition) is 5. The predicted octanol–water partition coefficient (Wildman–Crippen LogP) is 2.19. The maximum atomic E-state index is 12.5. The highest BCUT2D eigenvalue weighted by molar-refractivity contribution is 5.78. The Bertz CT molecular complexity index is 888. The number of carbonyl (C=O) groups excluding carboxylic acids is 1. The monoisotopic (exact) mass is 376 g/mol. The Morgan fingerprint density at radius 2 is 1.68 bits per heavy atom. The lowest BCUT2D eigenvalue weighted by Crippen LogP contribution is -2.40. The third kappa shape index (κ3) is 4.43. The van der Waals surface area contributed by atoms with Gasteiger partial charge in [-0.05, 0) is 54.1 Å². The molecule has 1 aliphatic rings. The molecule has 1 saturated heterocycles. The van der Waals surface area contributed by atoms with Gasteiger partial charge in [0.2, 0.25) is 5.91 Å². The van der Waals surface area contributed by atoms with Gasteiger partial charge in [0.1, 0.15) is 0 Å². The van der Waals surface area contributed by atoms with E-state index in [4.69, 9.17) is 0 Å². The van der Waals surface area contributed by atoms with Gasteiger partial charge in [-0.15, -0.1) is 5.10 Å². The standard InChI is InChI=1S/C21H24N6O/c28-21(22-15-17-7-3-1-4-8-17)18-11-13-26(14-12-18)16-20-23-24-25-27(20)19-9-5-2-6-10-19/h1-10,18H,11-16H2,(H,22,28). The second-order valence-electron chi connectivity index (χ2n) is 7.10. The van der Waals surface area contributed by atoms with Crippen molar-refractivity contribution in [3.05, 3.63) is 72.1 Å². The Balaban J connectivity index is 1.28. The van der Waals surface area contributed by atoms with Gasteiger partial charge in [-0.3, -0.25) is 9.69 Å². The molecule has 0 radical (unpaired) electrons. The number of rotatable bonds is 6. The van der Waals surface area contributed by atoms with Gasteiger partial charge >= 0.3 is 0 Å². The van der Waals surface area contributed by atoms with Crippen molar-refractivity contribution < 1.29 is 4.79 Å². The molecule has 0 spiro atoms. The van der Waals surface area contributed by atoms with Crippen molar-refractivity contribution in [3.63, 3.8) is 0 Å². The normalized spacial score (nSPS) is 15.4. The lowest BCUT2D eigenvalue weighted by Gasteiger charge is -2.30. The van der Waals surface area contributed by atoms with E-state index in [2.05, 4.69) is 25.7 Å². The summed E-state index contributed by atoms with van der Waals surface area (Å²) >= 11 is 0. The molecule has 1 amide bonds. The largest absolute Gasteiger partial charge is 0.352 e. The van der Waals surface area contributed by atoms with Gasteiger partial charge in [0.05, 0.1) is 12.2 Å². The van der Waals surface area contributed by atoms with Crippen LogP contribution in [-0.2, 0) is 17.9 Å². The van der Waals surface area contributed by atoms with Crippen LogP contribution in [0.3, 0.4) is 0 Å². The lowest BCUT2D eigenvalue weighted by molar-refractivity contribution is -0.126. The van der Waals surface area contributed by atoms with Crippen LogP contribution in [0.2, 0.25) is 0 Å². The maximum absolute atomic E-state index is 12.5. The Morgan fingerprint density at radius 1 is 1.00 bits per heavy atom. The van der Waals surface area contributed by atoms with E-state index in [1.165, 1.54) is 0 Å². The van der Waals surface area contributed by atoms with Crippen LogP contribution in [0.4, 0.5) is 0 Å². The molecule has 2 heterocycles. The maximum Gasteiger partial charge on any atom is 0.223 e. The molecule has 0 unspecified atom stereocenters. The van der Waals surface area contributed by atoms with Crippen molar-refractivity contribution in [3.8, 4) is 5.69 Å². The molecular formula is C21H24N6O. The number of likely N-dealkylation sites (tertiary alicyclic amines) is 1. The van der Waals surface area contributed by atoms with Crippen molar-refractivity contribution in [1.29, 1.82) is 0 Å². The molecule has 2 aromatic carbocycles. The van der Waals surface area contributed by atoms with E-state index in [1.54, 1.807) is 4.68 Å². The molecule has 1 fully saturated rings. The second-order valence-corrected chi connectivity index (χ2v) is 7.10. The summed E-state index contributed by atoms with van der Waals surface area (Å²) in [5.74, 6) is 1.04. The van der Waals surface area contributed by atoms with Crippen LogP contribution in [0.5, 0.6) is 0 Å². The number of piperidine rings is 1. The first-order chi connectivity index (χ1) is 13.8. The van der Waals surface area contributed by atoms with Crippen LogP contribution < -0.4 is 5.32 Å². The average molecular weight is 376 g/mol. The summed E-state index contributed by atoms with van der Waals surface area (Å²) < 4.78 is 1.78. The van der Waals surface area contributed by atoms with Crippen LogP contribution in [0.25, 0.3) is 5.69 Å². The highest BCUT2D eigenvalue weighted by Gasteiger charge is 2.25. The van der Waals surface area contributed by atoms with Crippen LogP contribution in [0.1, 0.15) is 24.2 Å². The van der Waals surface area contributed by atoms with Gasteiger partial charge < -0.3 is 5.32 Å². The van der Waals surface area contributed by atoms with E-state index in [9.17, 15) is 4.79 Å². The van der Waals surface area contributed by atoms with Crippen molar-refractivity contribution in [2.75, 3.05) is 13.1 Å². The molecule has 7 nitrogen and oxygen atoms in total. The number of para-hydroxylation sites is 1. The number of benzene rings is 2. The zero-order valence-corrected chi connectivity index (χ0v) is 15.7. The molecule has 0 atom stereocenters. The minimum Gasteiger partial charge on any atom is -0.352 e. The zero-order valence-electron chi connectivity index (χ0n) is 15.7. The van der Waals surface area contributed by atoms with E-state index in [0.29, 0.717) is 13.1 Å².